The molecule has 3 N–H and O–H groups in total. The molecule has 1 unspecified atom stereocenters. The molecule has 0 radical (unpaired) electrons. The Labute approximate surface area is 124 Å². The molecule has 0 fully saturated rings. The van der Waals surface area contributed by atoms with Gasteiger partial charge in [0.05, 0.1) is 12.1 Å². The molecule has 1 rings (SSSR count). The highest BCUT2D eigenvalue weighted by Gasteiger charge is 2.19. The first-order valence-corrected chi connectivity index (χ1v) is 6.61. The van der Waals surface area contributed by atoms with E-state index in [-0.39, 0.29) is 18.4 Å². The number of terminal acetylenes is 1. The SMILES string of the molecule is C#CCNC(=O)c1ccc(NC(CC(C)C)C(=O)O)nc1. The minimum Gasteiger partial charge on any atom is -0.480 e. The summed E-state index contributed by atoms with van der Waals surface area (Å²) in [5.41, 5.74) is 0.367. The molecule has 112 valence electrons. The Hall–Kier alpha value is -2.55. The molecular formula is C15H19N3O3. The van der Waals surface area contributed by atoms with E-state index >= 15 is 0 Å². The molecule has 1 heterocycles. The number of carboxylic acid groups (broad SMARTS) is 1. The third-order valence-electron chi connectivity index (χ3n) is 2.70. The minimum atomic E-state index is -0.929. The molecule has 0 aliphatic rings. The first kappa shape index (κ1) is 16.5. The maximum Gasteiger partial charge on any atom is 0.326 e. The second-order valence-corrected chi connectivity index (χ2v) is 4.98. The largest absolute Gasteiger partial charge is 0.480 e. The smallest absolute Gasteiger partial charge is 0.326 e. The number of pyridine rings is 1. The number of carbonyl (C=O) groups is 2. The number of amides is 1. The monoisotopic (exact) mass is 289 g/mol. The number of aromatic nitrogens is 1. The highest BCUT2D eigenvalue weighted by atomic mass is 16.4. The van der Waals surface area contributed by atoms with Crippen LogP contribution in [0, 0.1) is 18.3 Å². The maximum absolute atomic E-state index is 11.6. The van der Waals surface area contributed by atoms with Crippen molar-refractivity contribution in [3.63, 3.8) is 0 Å². The van der Waals surface area contributed by atoms with Crippen molar-refractivity contribution in [1.29, 1.82) is 0 Å². The third-order valence-corrected chi connectivity index (χ3v) is 2.70. The summed E-state index contributed by atoms with van der Waals surface area (Å²) in [5, 5.41) is 14.5. The normalized spacial score (nSPS) is 11.5. The van der Waals surface area contributed by atoms with Crippen molar-refractivity contribution < 1.29 is 14.7 Å². The fraction of sp³-hybridized carbons (Fsp3) is 0.400. The number of carboxylic acids is 1. The fourth-order valence-electron chi connectivity index (χ4n) is 1.72. The minimum absolute atomic E-state index is 0.147. The summed E-state index contributed by atoms with van der Waals surface area (Å²) in [6.07, 6.45) is 6.92. The number of nitrogens with one attached hydrogen (secondary N) is 2. The van der Waals surface area contributed by atoms with E-state index in [9.17, 15) is 9.59 Å². The lowest BCUT2D eigenvalue weighted by Gasteiger charge is -2.17. The number of rotatable bonds is 7. The van der Waals surface area contributed by atoms with Crippen LogP contribution in [0.1, 0.15) is 30.6 Å². The van der Waals surface area contributed by atoms with Crippen LogP contribution in [0.25, 0.3) is 0 Å². The van der Waals surface area contributed by atoms with Crippen molar-refractivity contribution in [2.75, 3.05) is 11.9 Å². The van der Waals surface area contributed by atoms with Gasteiger partial charge in [0, 0.05) is 6.20 Å². The lowest BCUT2D eigenvalue weighted by Crippen LogP contribution is -2.31. The van der Waals surface area contributed by atoms with Crippen LogP contribution in [0.15, 0.2) is 18.3 Å². The van der Waals surface area contributed by atoms with Gasteiger partial charge in [0.1, 0.15) is 11.9 Å². The topological polar surface area (TPSA) is 91.3 Å². The van der Waals surface area contributed by atoms with Gasteiger partial charge in [-0.2, -0.15) is 0 Å². The highest BCUT2D eigenvalue weighted by molar-refractivity contribution is 5.94. The maximum atomic E-state index is 11.6. The quantitative estimate of drug-likeness (QED) is 0.659. The molecule has 0 saturated carbocycles. The number of anilines is 1. The van der Waals surface area contributed by atoms with Gasteiger partial charge in [-0.1, -0.05) is 19.8 Å². The van der Waals surface area contributed by atoms with Gasteiger partial charge in [0.2, 0.25) is 0 Å². The van der Waals surface area contributed by atoms with Gasteiger partial charge in [-0.25, -0.2) is 9.78 Å². The van der Waals surface area contributed by atoms with E-state index in [4.69, 9.17) is 11.5 Å². The van der Waals surface area contributed by atoms with Crippen molar-refractivity contribution in [3.8, 4) is 12.3 Å². The van der Waals surface area contributed by atoms with Gasteiger partial charge in [-0.15, -0.1) is 6.42 Å². The zero-order valence-electron chi connectivity index (χ0n) is 12.1. The molecule has 6 nitrogen and oxygen atoms in total. The number of carbonyl (C=O) groups excluding carboxylic acids is 1. The average Bonchev–Trinajstić information content (AvgIpc) is 2.44. The molecule has 0 spiro atoms. The van der Waals surface area contributed by atoms with Crippen LogP contribution < -0.4 is 10.6 Å². The number of nitrogens with zero attached hydrogens (tertiary/aromatic N) is 1. The van der Waals surface area contributed by atoms with E-state index in [1.807, 2.05) is 13.8 Å². The number of hydrogen-bond donors (Lipinski definition) is 3. The first-order valence-electron chi connectivity index (χ1n) is 6.61. The van der Waals surface area contributed by atoms with E-state index in [0.29, 0.717) is 17.8 Å². The summed E-state index contributed by atoms with van der Waals surface area (Å²) in [7, 11) is 0. The van der Waals surface area contributed by atoms with Crippen LogP contribution in [0.3, 0.4) is 0 Å². The Kier molecular flexibility index (Phi) is 6.21. The van der Waals surface area contributed by atoms with E-state index in [1.54, 1.807) is 12.1 Å². The lowest BCUT2D eigenvalue weighted by molar-refractivity contribution is -0.138. The molecule has 0 saturated heterocycles. The highest BCUT2D eigenvalue weighted by Crippen LogP contribution is 2.12. The molecule has 1 aromatic heterocycles. The molecule has 6 heteroatoms. The molecular weight excluding hydrogens is 270 g/mol. The van der Waals surface area contributed by atoms with E-state index in [2.05, 4.69) is 21.5 Å². The van der Waals surface area contributed by atoms with Crippen LogP contribution in [0.2, 0.25) is 0 Å². The van der Waals surface area contributed by atoms with Gasteiger partial charge in [0.15, 0.2) is 0 Å². The lowest BCUT2D eigenvalue weighted by atomic mass is 10.0. The third kappa shape index (κ3) is 5.53. The molecule has 1 aromatic rings. The summed E-state index contributed by atoms with van der Waals surface area (Å²) in [4.78, 5) is 26.8. The summed E-state index contributed by atoms with van der Waals surface area (Å²) >= 11 is 0. The van der Waals surface area contributed by atoms with Crippen LogP contribution >= 0.6 is 0 Å². The van der Waals surface area contributed by atoms with Gasteiger partial charge in [-0.3, -0.25) is 4.79 Å². The average molecular weight is 289 g/mol. The summed E-state index contributed by atoms with van der Waals surface area (Å²) in [5.74, 6) is 1.72. The fourth-order valence-corrected chi connectivity index (χ4v) is 1.72. The number of aliphatic carboxylic acids is 1. The van der Waals surface area contributed by atoms with E-state index in [1.165, 1.54) is 6.20 Å². The Bertz CT molecular complexity index is 532. The van der Waals surface area contributed by atoms with Crippen molar-refractivity contribution in [2.45, 2.75) is 26.3 Å². The first-order chi connectivity index (χ1) is 9.93. The van der Waals surface area contributed by atoms with Crippen molar-refractivity contribution in [2.24, 2.45) is 5.92 Å². The predicted octanol–water partition coefficient (Wildman–Crippen LogP) is 1.36. The van der Waals surface area contributed by atoms with Crippen LogP contribution in [0.4, 0.5) is 5.82 Å². The Morgan fingerprint density at radius 1 is 1.43 bits per heavy atom. The van der Waals surface area contributed by atoms with Gasteiger partial charge >= 0.3 is 5.97 Å². The predicted molar refractivity (Wildman–Crippen MR) is 79.9 cm³/mol. The van der Waals surface area contributed by atoms with Crippen molar-refractivity contribution in [3.05, 3.63) is 23.9 Å². The van der Waals surface area contributed by atoms with Gasteiger partial charge < -0.3 is 15.7 Å². The molecule has 0 aliphatic heterocycles. The molecule has 21 heavy (non-hydrogen) atoms. The summed E-state index contributed by atoms with van der Waals surface area (Å²) < 4.78 is 0. The van der Waals surface area contributed by atoms with Gasteiger partial charge in [0.25, 0.3) is 5.91 Å². The Morgan fingerprint density at radius 2 is 2.14 bits per heavy atom. The number of hydrogen-bond acceptors (Lipinski definition) is 4. The molecule has 0 bridgehead atoms. The zero-order valence-corrected chi connectivity index (χ0v) is 12.1. The van der Waals surface area contributed by atoms with Crippen LogP contribution in [-0.4, -0.2) is 34.6 Å². The van der Waals surface area contributed by atoms with Crippen LogP contribution in [-0.2, 0) is 4.79 Å². The summed E-state index contributed by atoms with van der Waals surface area (Å²) in [6, 6.07) is 2.43. The Balaban J connectivity index is 2.71. The van der Waals surface area contributed by atoms with E-state index < -0.39 is 12.0 Å². The van der Waals surface area contributed by atoms with Gasteiger partial charge in [-0.05, 0) is 24.5 Å². The molecule has 1 amide bonds. The molecule has 0 aromatic carbocycles. The Morgan fingerprint density at radius 3 is 2.62 bits per heavy atom. The zero-order chi connectivity index (χ0) is 15.8. The van der Waals surface area contributed by atoms with Crippen molar-refractivity contribution in [1.82, 2.24) is 10.3 Å². The van der Waals surface area contributed by atoms with E-state index in [0.717, 1.165) is 0 Å². The molecule has 1 atom stereocenters. The standard InChI is InChI=1S/C15H19N3O3/c1-4-7-16-14(19)11-5-6-13(17-9-11)18-12(15(20)21)8-10(2)3/h1,5-6,9-10,12H,7-8H2,2-3H3,(H,16,19)(H,17,18)(H,20,21). The second kappa shape index (κ2) is 7.90. The summed E-state index contributed by atoms with van der Waals surface area (Å²) in [6.45, 7) is 4.04. The second-order valence-electron chi connectivity index (χ2n) is 4.98. The van der Waals surface area contributed by atoms with Crippen molar-refractivity contribution >= 4 is 17.7 Å². The van der Waals surface area contributed by atoms with Crippen LogP contribution in [0.5, 0.6) is 0 Å². The molecule has 0 aliphatic carbocycles.